The highest BCUT2D eigenvalue weighted by Crippen LogP contribution is 2.28. The van der Waals surface area contributed by atoms with Crippen molar-refractivity contribution in [2.75, 3.05) is 30.9 Å². The van der Waals surface area contributed by atoms with Crippen LogP contribution in [0.15, 0.2) is 42.5 Å². The van der Waals surface area contributed by atoms with Crippen LogP contribution in [-0.4, -0.2) is 20.7 Å². The Balaban J connectivity index is 2.07. The van der Waals surface area contributed by atoms with Crippen LogP contribution in [0, 0.1) is 0 Å². The first-order valence-corrected chi connectivity index (χ1v) is 7.40. The average Bonchev–Trinajstić information content (AvgIpc) is 2.46. The summed E-state index contributed by atoms with van der Waals surface area (Å²) < 4.78 is 5.45. The maximum absolute atomic E-state index is 6.08. The second kappa shape index (κ2) is 7.23. The van der Waals surface area contributed by atoms with Crippen molar-refractivity contribution in [1.29, 1.82) is 0 Å². The molecule has 3 nitrogen and oxygen atoms in total. The summed E-state index contributed by atoms with van der Waals surface area (Å²) in [5.74, 6) is 0.901. The van der Waals surface area contributed by atoms with E-state index in [-0.39, 0.29) is 0 Å². The number of hydrogen-bond acceptors (Lipinski definition) is 3. The highest BCUT2D eigenvalue weighted by molar-refractivity contribution is 6.31. The fourth-order valence-corrected chi connectivity index (χ4v) is 2.28. The van der Waals surface area contributed by atoms with Gasteiger partial charge < -0.3 is 15.0 Å². The largest absolute Gasteiger partial charge is 0.494 e. The van der Waals surface area contributed by atoms with Gasteiger partial charge in [-0.15, -0.1) is 0 Å². The van der Waals surface area contributed by atoms with E-state index < -0.39 is 0 Å². The van der Waals surface area contributed by atoms with Crippen molar-refractivity contribution >= 4 is 23.0 Å². The zero-order valence-electron chi connectivity index (χ0n) is 12.7. The van der Waals surface area contributed by atoms with Gasteiger partial charge in [-0.3, -0.25) is 0 Å². The SMILES string of the molecule is CCOc1ccc(CNc2cc(Cl)ccc2N(C)C)cc1. The maximum Gasteiger partial charge on any atom is 0.119 e. The van der Waals surface area contributed by atoms with Crippen LogP contribution in [0.3, 0.4) is 0 Å². The third kappa shape index (κ3) is 4.30. The van der Waals surface area contributed by atoms with E-state index in [9.17, 15) is 0 Å². The molecule has 21 heavy (non-hydrogen) atoms. The Morgan fingerprint density at radius 1 is 1.10 bits per heavy atom. The number of nitrogens with zero attached hydrogens (tertiary/aromatic N) is 1. The summed E-state index contributed by atoms with van der Waals surface area (Å²) in [7, 11) is 4.04. The number of hydrogen-bond donors (Lipinski definition) is 1. The Hall–Kier alpha value is -1.87. The fourth-order valence-electron chi connectivity index (χ4n) is 2.11. The van der Waals surface area contributed by atoms with E-state index in [4.69, 9.17) is 16.3 Å². The minimum Gasteiger partial charge on any atom is -0.494 e. The van der Waals surface area contributed by atoms with Gasteiger partial charge in [0.05, 0.1) is 18.0 Å². The highest BCUT2D eigenvalue weighted by Gasteiger charge is 2.05. The molecular formula is C17H21ClN2O. The Morgan fingerprint density at radius 3 is 2.43 bits per heavy atom. The minimum absolute atomic E-state index is 0.687. The van der Waals surface area contributed by atoms with Crippen LogP contribution >= 0.6 is 11.6 Å². The van der Waals surface area contributed by atoms with Gasteiger partial charge in [-0.05, 0) is 42.8 Å². The first-order chi connectivity index (χ1) is 10.1. The first-order valence-electron chi connectivity index (χ1n) is 7.02. The molecule has 0 radical (unpaired) electrons. The predicted molar refractivity (Wildman–Crippen MR) is 90.7 cm³/mol. The average molecular weight is 305 g/mol. The molecule has 4 heteroatoms. The molecule has 2 rings (SSSR count). The Labute approximate surface area is 131 Å². The van der Waals surface area contributed by atoms with Gasteiger partial charge in [-0.25, -0.2) is 0 Å². The van der Waals surface area contributed by atoms with Gasteiger partial charge in [0.2, 0.25) is 0 Å². The van der Waals surface area contributed by atoms with Crippen molar-refractivity contribution in [2.24, 2.45) is 0 Å². The molecule has 112 valence electrons. The standard InChI is InChI=1S/C17H21ClN2O/c1-4-21-15-8-5-13(6-9-15)12-19-16-11-14(18)7-10-17(16)20(2)3/h5-11,19H,4,12H2,1-3H3. The zero-order valence-corrected chi connectivity index (χ0v) is 13.4. The molecule has 0 fully saturated rings. The zero-order chi connectivity index (χ0) is 15.2. The van der Waals surface area contributed by atoms with E-state index in [0.717, 1.165) is 28.7 Å². The van der Waals surface area contributed by atoms with Crippen LogP contribution in [0.1, 0.15) is 12.5 Å². The molecule has 0 heterocycles. The topological polar surface area (TPSA) is 24.5 Å². The summed E-state index contributed by atoms with van der Waals surface area (Å²) in [6.45, 7) is 3.41. The van der Waals surface area contributed by atoms with Crippen LogP contribution in [0.4, 0.5) is 11.4 Å². The Morgan fingerprint density at radius 2 is 1.81 bits per heavy atom. The highest BCUT2D eigenvalue weighted by atomic mass is 35.5. The molecule has 0 unspecified atom stereocenters. The molecule has 0 atom stereocenters. The number of halogens is 1. The Bertz CT molecular complexity index is 582. The Kier molecular flexibility index (Phi) is 5.34. The van der Waals surface area contributed by atoms with E-state index in [2.05, 4.69) is 22.3 Å². The molecule has 0 saturated heterocycles. The van der Waals surface area contributed by atoms with Crippen molar-refractivity contribution in [3.05, 3.63) is 53.1 Å². The summed E-state index contributed by atoms with van der Waals surface area (Å²) in [6.07, 6.45) is 0. The lowest BCUT2D eigenvalue weighted by molar-refractivity contribution is 0.340. The van der Waals surface area contributed by atoms with Gasteiger partial charge in [0.25, 0.3) is 0 Å². The lowest BCUT2D eigenvalue weighted by Gasteiger charge is -2.19. The fraction of sp³-hybridized carbons (Fsp3) is 0.294. The summed E-state index contributed by atoms with van der Waals surface area (Å²) >= 11 is 6.08. The van der Waals surface area contributed by atoms with Crippen LogP contribution in [0.5, 0.6) is 5.75 Å². The van der Waals surface area contributed by atoms with Crippen molar-refractivity contribution < 1.29 is 4.74 Å². The summed E-state index contributed by atoms with van der Waals surface area (Å²) in [6, 6.07) is 14.0. The first kappa shape index (κ1) is 15.5. The molecule has 0 saturated carbocycles. The van der Waals surface area contributed by atoms with Crippen molar-refractivity contribution in [2.45, 2.75) is 13.5 Å². The molecule has 0 aliphatic rings. The molecule has 2 aromatic carbocycles. The third-order valence-electron chi connectivity index (χ3n) is 3.16. The third-order valence-corrected chi connectivity index (χ3v) is 3.39. The quantitative estimate of drug-likeness (QED) is 0.855. The van der Waals surface area contributed by atoms with E-state index in [1.54, 1.807) is 0 Å². The lowest BCUT2D eigenvalue weighted by atomic mass is 10.2. The van der Waals surface area contributed by atoms with Crippen LogP contribution in [-0.2, 0) is 6.54 Å². The van der Waals surface area contributed by atoms with Gasteiger partial charge in [-0.1, -0.05) is 23.7 Å². The molecule has 1 N–H and O–H groups in total. The second-order valence-electron chi connectivity index (χ2n) is 4.99. The predicted octanol–water partition coefficient (Wildman–Crippen LogP) is 4.42. The monoisotopic (exact) mass is 304 g/mol. The molecule has 0 aliphatic carbocycles. The molecule has 0 bridgehead atoms. The molecule has 0 aromatic heterocycles. The van der Waals surface area contributed by atoms with E-state index in [1.165, 1.54) is 5.56 Å². The van der Waals surface area contributed by atoms with Crippen LogP contribution in [0.25, 0.3) is 0 Å². The van der Waals surface area contributed by atoms with E-state index in [1.807, 2.05) is 51.4 Å². The number of anilines is 2. The summed E-state index contributed by atoms with van der Waals surface area (Å²) in [5.41, 5.74) is 3.34. The summed E-state index contributed by atoms with van der Waals surface area (Å²) in [5, 5.41) is 4.17. The van der Waals surface area contributed by atoms with Crippen molar-refractivity contribution in [3.8, 4) is 5.75 Å². The number of benzene rings is 2. The van der Waals surface area contributed by atoms with Gasteiger partial charge in [-0.2, -0.15) is 0 Å². The molecule has 2 aromatic rings. The molecule has 0 aliphatic heterocycles. The number of rotatable bonds is 6. The van der Waals surface area contributed by atoms with Gasteiger partial charge in [0.1, 0.15) is 5.75 Å². The van der Waals surface area contributed by atoms with Crippen LogP contribution < -0.4 is 15.0 Å². The lowest BCUT2D eigenvalue weighted by Crippen LogP contribution is -2.12. The smallest absolute Gasteiger partial charge is 0.119 e. The number of ether oxygens (including phenoxy) is 1. The van der Waals surface area contributed by atoms with Gasteiger partial charge in [0.15, 0.2) is 0 Å². The van der Waals surface area contributed by atoms with Crippen molar-refractivity contribution in [1.82, 2.24) is 0 Å². The molecule has 0 amide bonds. The van der Waals surface area contributed by atoms with E-state index in [0.29, 0.717) is 6.61 Å². The molecule has 0 spiro atoms. The normalized spacial score (nSPS) is 10.3. The second-order valence-corrected chi connectivity index (χ2v) is 5.42. The summed E-state index contributed by atoms with van der Waals surface area (Å²) in [4.78, 5) is 2.07. The van der Waals surface area contributed by atoms with E-state index >= 15 is 0 Å². The minimum atomic E-state index is 0.687. The van der Waals surface area contributed by atoms with Gasteiger partial charge >= 0.3 is 0 Å². The van der Waals surface area contributed by atoms with Crippen LogP contribution in [0.2, 0.25) is 5.02 Å². The van der Waals surface area contributed by atoms with Gasteiger partial charge in [0, 0.05) is 25.7 Å². The maximum atomic E-state index is 6.08. The number of nitrogens with one attached hydrogen (secondary N) is 1. The van der Waals surface area contributed by atoms with Crippen molar-refractivity contribution in [3.63, 3.8) is 0 Å². The molecular weight excluding hydrogens is 284 g/mol.